The number of benzene rings is 2. The molecule has 120 valence electrons. The lowest BCUT2D eigenvalue weighted by Gasteiger charge is -2.26. The van der Waals surface area contributed by atoms with Gasteiger partial charge in [-0.2, -0.15) is 0 Å². The lowest BCUT2D eigenvalue weighted by Crippen LogP contribution is -2.34. The molecule has 3 rings (SSSR count). The molecule has 0 radical (unpaired) electrons. The molecule has 0 aliphatic carbocycles. The van der Waals surface area contributed by atoms with Gasteiger partial charge in [-0.15, -0.1) is 0 Å². The quantitative estimate of drug-likeness (QED) is 0.848. The summed E-state index contributed by atoms with van der Waals surface area (Å²) in [6.07, 6.45) is 1.94. The van der Waals surface area contributed by atoms with Crippen LogP contribution in [0.3, 0.4) is 0 Å². The molecule has 1 aliphatic heterocycles. The Bertz CT molecular complexity index is 729. The molecule has 1 atom stereocenters. The Labute approximate surface area is 136 Å². The van der Waals surface area contributed by atoms with Crippen molar-refractivity contribution in [3.05, 3.63) is 65.0 Å². The highest BCUT2D eigenvalue weighted by Gasteiger charge is 2.30. The van der Waals surface area contributed by atoms with Crippen molar-refractivity contribution in [3.8, 4) is 0 Å². The van der Waals surface area contributed by atoms with Crippen molar-refractivity contribution in [1.82, 2.24) is 4.90 Å². The Kier molecular flexibility index (Phi) is 4.33. The fourth-order valence-electron chi connectivity index (χ4n) is 3.16. The van der Waals surface area contributed by atoms with Gasteiger partial charge >= 0.3 is 6.03 Å². The van der Waals surface area contributed by atoms with Gasteiger partial charge in [-0.1, -0.05) is 30.3 Å². The maximum Gasteiger partial charge on any atom is 0.322 e. The zero-order valence-electron chi connectivity index (χ0n) is 13.5. The topological polar surface area (TPSA) is 32.3 Å². The third-order valence-electron chi connectivity index (χ3n) is 4.48. The highest BCUT2D eigenvalue weighted by molar-refractivity contribution is 5.89. The Morgan fingerprint density at radius 2 is 1.96 bits per heavy atom. The average molecular weight is 312 g/mol. The normalized spacial score (nSPS) is 17.3. The van der Waals surface area contributed by atoms with Gasteiger partial charge in [-0.05, 0) is 55.5 Å². The number of anilines is 1. The molecule has 0 bridgehead atoms. The Hall–Kier alpha value is -2.36. The number of carbonyl (C=O) groups excluding carboxylic acids is 1. The van der Waals surface area contributed by atoms with Crippen LogP contribution in [0.4, 0.5) is 14.9 Å². The summed E-state index contributed by atoms with van der Waals surface area (Å²) in [5, 5.41) is 2.82. The highest BCUT2D eigenvalue weighted by Crippen LogP contribution is 2.34. The van der Waals surface area contributed by atoms with E-state index in [1.165, 1.54) is 17.2 Å². The molecule has 2 amide bonds. The first kappa shape index (κ1) is 15.5. The van der Waals surface area contributed by atoms with E-state index in [-0.39, 0.29) is 17.9 Å². The molecule has 0 saturated carbocycles. The first-order valence-electron chi connectivity index (χ1n) is 7.95. The summed E-state index contributed by atoms with van der Waals surface area (Å²) in [5.41, 5.74) is 3.45. The second kappa shape index (κ2) is 6.41. The van der Waals surface area contributed by atoms with Crippen LogP contribution in [0.2, 0.25) is 0 Å². The van der Waals surface area contributed by atoms with E-state index in [2.05, 4.69) is 24.4 Å². The molecule has 23 heavy (non-hydrogen) atoms. The van der Waals surface area contributed by atoms with Gasteiger partial charge in [-0.25, -0.2) is 9.18 Å². The molecule has 2 aromatic carbocycles. The number of urea groups is 1. The summed E-state index contributed by atoms with van der Waals surface area (Å²) in [4.78, 5) is 14.4. The second-order valence-electron chi connectivity index (χ2n) is 6.10. The van der Waals surface area contributed by atoms with Gasteiger partial charge in [0.1, 0.15) is 5.82 Å². The average Bonchev–Trinajstić information content (AvgIpc) is 3.01. The molecule has 1 N–H and O–H groups in total. The molecule has 1 heterocycles. The Balaban J connectivity index is 1.78. The van der Waals surface area contributed by atoms with Crippen molar-refractivity contribution in [2.45, 2.75) is 32.7 Å². The lowest BCUT2D eigenvalue weighted by atomic mass is 9.99. The van der Waals surface area contributed by atoms with Gasteiger partial charge in [0, 0.05) is 12.2 Å². The van der Waals surface area contributed by atoms with Crippen LogP contribution in [-0.4, -0.2) is 17.5 Å². The lowest BCUT2D eigenvalue weighted by molar-refractivity contribution is 0.207. The van der Waals surface area contributed by atoms with E-state index in [0.29, 0.717) is 11.3 Å². The predicted octanol–water partition coefficient (Wildman–Crippen LogP) is 4.81. The standard InChI is InChI=1S/C19H21FN2O/c1-13-6-3-4-7-16(13)18-8-5-11-22(18)19(23)21-15-10-9-14(2)17(20)12-15/h3-4,6-7,9-10,12,18H,5,8,11H2,1-2H3,(H,21,23)/t18-/m1/s1. The minimum Gasteiger partial charge on any atom is -0.317 e. The number of halogens is 1. The smallest absolute Gasteiger partial charge is 0.317 e. The summed E-state index contributed by atoms with van der Waals surface area (Å²) >= 11 is 0. The third kappa shape index (κ3) is 3.21. The number of rotatable bonds is 2. The Morgan fingerprint density at radius 3 is 2.70 bits per heavy atom. The molecule has 0 aromatic heterocycles. The van der Waals surface area contributed by atoms with Crippen molar-refractivity contribution >= 4 is 11.7 Å². The largest absolute Gasteiger partial charge is 0.322 e. The molecule has 2 aromatic rings. The van der Waals surface area contributed by atoms with Gasteiger partial charge in [0.05, 0.1) is 6.04 Å². The number of amides is 2. The predicted molar refractivity (Wildman–Crippen MR) is 90.0 cm³/mol. The van der Waals surface area contributed by atoms with E-state index in [1.54, 1.807) is 19.1 Å². The zero-order chi connectivity index (χ0) is 16.4. The van der Waals surface area contributed by atoms with Crippen LogP contribution < -0.4 is 5.32 Å². The van der Waals surface area contributed by atoms with Crippen LogP contribution in [-0.2, 0) is 0 Å². The number of hydrogen-bond donors (Lipinski definition) is 1. The molecular weight excluding hydrogens is 291 g/mol. The zero-order valence-corrected chi connectivity index (χ0v) is 13.5. The molecule has 4 heteroatoms. The molecule has 1 aliphatic rings. The molecule has 1 fully saturated rings. The molecule has 0 spiro atoms. The maximum absolute atomic E-state index is 13.6. The van der Waals surface area contributed by atoms with E-state index in [4.69, 9.17) is 0 Å². The number of hydrogen-bond acceptors (Lipinski definition) is 1. The summed E-state index contributed by atoms with van der Waals surface area (Å²) in [6.45, 7) is 4.49. The van der Waals surface area contributed by atoms with Crippen molar-refractivity contribution < 1.29 is 9.18 Å². The van der Waals surface area contributed by atoms with Crippen molar-refractivity contribution in [3.63, 3.8) is 0 Å². The minimum atomic E-state index is -0.306. The summed E-state index contributed by atoms with van der Waals surface area (Å²) < 4.78 is 13.6. The first-order valence-corrected chi connectivity index (χ1v) is 7.95. The van der Waals surface area contributed by atoms with E-state index in [9.17, 15) is 9.18 Å². The monoisotopic (exact) mass is 312 g/mol. The second-order valence-corrected chi connectivity index (χ2v) is 6.10. The number of carbonyl (C=O) groups is 1. The SMILES string of the molecule is Cc1ccc(NC(=O)N2CCC[C@@H]2c2ccccc2C)cc1F. The van der Waals surface area contributed by atoms with Gasteiger partial charge in [0.25, 0.3) is 0 Å². The van der Waals surface area contributed by atoms with Crippen LogP contribution >= 0.6 is 0 Å². The van der Waals surface area contributed by atoms with Gasteiger partial charge < -0.3 is 10.2 Å². The van der Waals surface area contributed by atoms with Crippen LogP contribution in [0.15, 0.2) is 42.5 Å². The van der Waals surface area contributed by atoms with Crippen molar-refractivity contribution in [2.75, 3.05) is 11.9 Å². The fourth-order valence-corrected chi connectivity index (χ4v) is 3.16. The van der Waals surface area contributed by atoms with Crippen molar-refractivity contribution in [2.24, 2.45) is 0 Å². The maximum atomic E-state index is 13.6. The van der Waals surface area contributed by atoms with Crippen LogP contribution in [0, 0.1) is 19.7 Å². The Morgan fingerprint density at radius 1 is 1.17 bits per heavy atom. The molecule has 1 saturated heterocycles. The third-order valence-corrected chi connectivity index (χ3v) is 4.48. The summed E-state index contributed by atoms with van der Waals surface area (Å²) in [5.74, 6) is -0.306. The highest BCUT2D eigenvalue weighted by atomic mass is 19.1. The summed E-state index contributed by atoms with van der Waals surface area (Å²) in [7, 11) is 0. The van der Waals surface area contributed by atoms with Crippen LogP contribution in [0.1, 0.15) is 35.6 Å². The fraction of sp³-hybridized carbons (Fsp3) is 0.316. The van der Waals surface area contributed by atoms with Gasteiger partial charge in [0.15, 0.2) is 0 Å². The first-order chi connectivity index (χ1) is 11.1. The van der Waals surface area contributed by atoms with E-state index < -0.39 is 0 Å². The minimum absolute atomic E-state index is 0.0893. The molecular formula is C19H21FN2O. The van der Waals surface area contributed by atoms with Gasteiger partial charge in [0.2, 0.25) is 0 Å². The van der Waals surface area contributed by atoms with E-state index >= 15 is 0 Å². The van der Waals surface area contributed by atoms with E-state index in [0.717, 1.165) is 19.4 Å². The van der Waals surface area contributed by atoms with Crippen molar-refractivity contribution in [1.29, 1.82) is 0 Å². The van der Waals surface area contributed by atoms with Crippen LogP contribution in [0.5, 0.6) is 0 Å². The number of aryl methyl sites for hydroxylation is 2. The number of nitrogens with one attached hydrogen (secondary N) is 1. The molecule has 3 nitrogen and oxygen atoms in total. The number of likely N-dealkylation sites (tertiary alicyclic amines) is 1. The number of nitrogens with zero attached hydrogens (tertiary/aromatic N) is 1. The van der Waals surface area contributed by atoms with Gasteiger partial charge in [-0.3, -0.25) is 0 Å². The van der Waals surface area contributed by atoms with E-state index in [1.807, 2.05) is 17.0 Å². The molecule has 0 unspecified atom stereocenters. The van der Waals surface area contributed by atoms with Crippen LogP contribution in [0.25, 0.3) is 0 Å². The summed E-state index contributed by atoms with van der Waals surface area (Å²) in [6, 6.07) is 12.9.